The van der Waals surface area contributed by atoms with Crippen molar-refractivity contribution in [1.82, 2.24) is 0 Å². The molecule has 0 aliphatic carbocycles. The average molecular weight is 564 g/mol. The molecular formula is C23H32O16. The first kappa shape index (κ1) is 31.9. The zero-order chi connectivity index (χ0) is 29.5. The number of esters is 6. The van der Waals surface area contributed by atoms with Gasteiger partial charge in [-0.15, -0.1) is 0 Å². The van der Waals surface area contributed by atoms with Crippen LogP contribution in [0.2, 0.25) is 0 Å². The Hall–Kier alpha value is -3.34. The van der Waals surface area contributed by atoms with Gasteiger partial charge in [0.25, 0.3) is 0 Å². The lowest BCUT2D eigenvalue weighted by molar-refractivity contribution is -0.322. The molecule has 16 nitrogen and oxygen atoms in total. The van der Waals surface area contributed by atoms with Crippen LogP contribution in [-0.4, -0.2) is 112 Å². The van der Waals surface area contributed by atoms with Gasteiger partial charge < -0.3 is 47.4 Å². The minimum absolute atomic E-state index is 0.476. The molecule has 0 aromatic heterocycles. The number of hydrogen-bond donors (Lipinski definition) is 0. The van der Waals surface area contributed by atoms with Crippen LogP contribution in [-0.2, 0) is 76.1 Å². The molecule has 2 aliphatic heterocycles. The molecule has 0 amide bonds. The molecule has 2 aliphatic rings. The van der Waals surface area contributed by atoms with E-state index in [0.29, 0.717) is 0 Å². The molecule has 0 aromatic rings. The van der Waals surface area contributed by atoms with Crippen molar-refractivity contribution < 1.29 is 76.1 Å². The van der Waals surface area contributed by atoms with Crippen molar-refractivity contribution in [3.8, 4) is 0 Å². The van der Waals surface area contributed by atoms with Crippen LogP contribution in [0.25, 0.3) is 0 Å². The van der Waals surface area contributed by atoms with Crippen LogP contribution in [0.3, 0.4) is 0 Å². The van der Waals surface area contributed by atoms with E-state index in [1.165, 1.54) is 7.11 Å². The fourth-order valence-corrected chi connectivity index (χ4v) is 4.10. The van der Waals surface area contributed by atoms with Crippen LogP contribution in [0.1, 0.15) is 34.6 Å². The summed E-state index contributed by atoms with van der Waals surface area (Å²) in [4.78, 5) is 72.0. The molecule has 0 N–H and O–H groups in total. The largest absolute Gasteiger partial charge is 0.467 e. The van der Waals surface area contributed by atoms with Gasteiger partial charge in [-0.25, -0.2) is 4.79 Å². The van der Waals surface area contributed by atoms with E-state index in [9.17, 15) is 28.8 Å². The molecule has 8 atom stereocenters. The molecular weight excluding hydrogens is 532 g/mol. The summed E-state index contributed by atoms with van der Waals surface area (Å²) >= 11 is 0. The summed E-state index contributed by atoms with van der Waals surface area (Å²) in [6.45, 7) is 4.31. The van der Waals surface area contributed by atoms with Crippen LogP contribution in [0.15, 0.2) is 0 Å². The maximum Gasteiger partial charge on any atom is 0.339 e. The topological polar surface area (TPSA) is 195 Å². The Kier molecular flexibility index (Phi) is 11.1. The van der Waals surface area contributed by atoms with E-state index < -0.39 is 97.7 Å². The predicted molar refractivity (Wildman–Crippen MR) is 120 cm³/mol. The van der Waals surface area contributed by atoms with Gasteiger partial charge in [-0.1, -0.05) is 0 Å². The predicted octanol–water partition coefficient (Wildman–Crippen LogP) is -1.07. The second kappa shape index (κ2) is 13.6. The summed E-state index contributed by atoms with van der Waals surface area (Å²) in [5.74, 6) is -5.06. The van der Waals surface area contributed by atoms with Crippen molar-refractivity contribution in [3.05, 3.63) is 0 Å². The molecule has 39 heavy (non-hydrogen) atoms. The monoisotopic (exact) mass is 564 g/mol. The van der Waals surface area contributed by atoms with Crippen LogP contribution < -0.4 is 0 Å². The zero-order valence-corrected chi connectivity index (χ0v) is 22.5. The van der Waals surface area contributed by atoms with Gasteiger partial charge in [0, 0.05) is 41.7 Å². The lowest BCUT2D eigenvalue weighted by Crippen LogP contribution is -2.64. The molecule has 16 heteroatoms. The summed E-state index contributed by atoms with van der Waals surface area (Å²) < 4.78 is 53.7. The van der Waals surface area contributed by atoms with Crippen molar-refractivity contribution in [2.75, 3.05) is 27.4 Å². The first-order chi connectivity index (χ1) is 18.2. The number of rotatable bonds is 10. The van der Waals surface area contributed by atoms with Crippen LogP contribution in [0.4, 0.5) is 0 Å². The average Bonchev–Trinajstić information content (AvgIpc) is 3.14. The molecule has 2 heterocycles. The summed E-state index contributed by atoms with van der Waals surface area (Å²) in [6, 6.07) is 0. The smallest absolute Gasteiger partial charge is 0.339 e. The summed E-state index contributed by atoms with van der Waals surface area (Å²) in [5, 5.41) is 0. The third-order valence-corrected chi connectivity index (χ3v) is 5.47. The Bertz CT molecular complexity index is 948. The summed E-state index contributed by atoms with van der Waals surface area (Å²) in [7, 11) is 2.25. The third-order valence-electron chi connectivity index (χ3n) is 5.47. The van der Waals surface area contributed by atoms with Crippen LogP contribution in [0, 0.1) is 0 Å². The normalized spacial score (nSPS) is 31.9. The lowest BCUT2D eigenvalue weighted by atomic mass is 9.96. The summed E-state index contributed by atoms with van der Waals surface area (Å²) in [5.41, 5.74) is -1.85. The van der Waals surface area contributed by atoms with E-state index in [0.717, 1.165) is 41.7 Å². The minimum atomic E-state index is -1.85. The van der Waals surface area contributed by atoms with Crippen molar-refractivity contribution in [1.29, 1.82) is 0 Å². The molecule has 2 fully saturated rings. The van der Waals surface area contributed by atoms with E-state index in [-0.39, 0.29) is 0 Å². The maximum absolute atomic E-state index is 12.6. The molecule has 2 rings (SSSR count). The van der Waals surface area contributed by atoms with Crippen molar-refractivity contribution >= 4 is 35.8 Å². The van der Waals surface area contributed by atoms with Gasteiger partial charge >= 0.3 is 35.8 Å². The highest BCUT2D eigenvalue weighted by atomic mass is 16.8. The molecule has 0 saturated carbocycles. The number of carbonyl (C=O) groups excluding carboxylic acids is 6. The van der Waals surface area contributed by atoms with E-state index in [1.54, 1.807) is 0 Å². The fraction of sp³-hybridized carbons (Fsp3) is 0.739. The van der Waals surface area contributed by atoms with Gasteiger partial charge in [-0.05, 0) is 0 Å². The Balaban J connectivity index is 2.58. The first-order valence-electron chi connectivity index (χ1n) is 11.6. The number of carbonyl (C=O) groups is 6. The molecule has 0 radical (unpaired) electrons. The molecule has 0 bridgehead atoms. The van der Waals surface area contributed by atoms with Gasteiger partial charge in [-0.2, -0.15) is 0 Å². The van der Waals surface area contributed by atoms with Gasteiger partial charge in [0.1, 0.15) is 12.7 Å². The Morgan fingerprint density at radius 1 is 0.744 bits per heavy atom. The Morgan fingerprint density at radius 3 is 1.82 bits per heavy atom. The van der Waals surface area contributed by atoms with Crippen LogP contribution >= 0.6 is 0 Å². The van der Waals surface area contributed by atoms with Crippen molar-refractivity contribution in [2.45, 2.75) is 83.3 Å². The van der Waals surface area contributed by atoms with Crippen molar-refractivity contribution in [2.24, 2.45) is 0 Å². The van der Waals surface area contributed by atoms with E-state index in [2.05, 4.69) is 0 Å². The highest BCUT2D eigenvalue weighted by Crippen LogP contribution is 2.37. The quantitative estimate of drug-likeness (QED) is 0.230. The Labute approximate surface area is 223 Å². The minimum Gasteiger partial charge on any atom is -0.467 e. The first-order valence-corrected chi connectivity index (χ1v) is 11.6. The molecule has 0 unspecified atom stereocenters. The lowest BCUT2D eigenvalue weighted by Gasteiger charge is -2.44. The maximum atomic E-state index is 12.6. The van der Waals surface area contributed by atoms with Gasteiger partial charge in [0.15, 0.2) is 37.0 Å². The fourth-order valence-electron chi connectivity index (χ4n) is 4.10. The van der Waals surface area contributed by atoms with Gasteiger partial charge in [-0.3, -0.25) is 24.0 Å². The SMILES string of the molecule is COC(=O)[C@H]1O[C@H](OC)[C@H](OC(C)=O)[C@@H](O[C@@H]2OC[C@@](COC(C)=O)(OC(C)=O)[C@H]2OC(C)=O)[C@H]1OC(C)=O. The molecule has 2 saturated heterocycles. The summed E-state index contributed by atoms with van der Waals surface area (Å²) in [6.07, 6.45) is -10.8. The van der Waals surface area contributed by atoms with Crippen molar-refractivity contribution in [3.63, 3.8) is 0 Å². The van der Waals surface area contributed by atoms with E-state index in [1.807, 2.05) is 0 Å². The van der Waals surface area contributed by atoms with Gasteiger partial charge in [0.2, 0.25) is 5.60 Å². The second-order valence-corrected chi connectivity index (χ2v) is 8.58. The second-order valence-electron chi connectivity index (χ2n) is 8.58. The van der Waals surface area contributed by atoms with Crippen LogP contribution in [0.5, 0.6) is 0 Å². The number of hydrogen-bond acceptors (Lipinski definition) is 16. The van der Waals surface area contributed by atoms with E-state index in [4.69, 9.17) is 47.4 Å². The number of ether oxygens (including phenoxy) is 10. The zero-order valence-electron chi connectivity index (χ0n) is 22.5. The Morgan fingerprint density at radius 2 is 1.33 bits per heavy atom. The standard InChI is InChI=1S/C23H32O16/c1-10(24)32-8-23(39-14(5)28)9-33-22(19(23)36-13(4)27)37-16-15(34-11(2)25)17(20(29)30-6)38-21(31-7)18(16)35-12(3)26/h15-19,21-22H,8-9H2,1-7H3/t15-,16+,17+,18-,19+,21+,22+,23-/m1/s1. The molecule has 0 aromatic carbocycles. The highest BCUT2D eigenvalue weighted by molar-refractivity contribution is 5.77. The van der Waals surface area contributed by atoms with Gasteiger partial charge in [0.05, 0.1) is 13.7 Å². The van der Waals surface area contributed by atoms with E-state index >= 15 is 0 Å². The third kappa shape index (κ3) is 8.08. The molecule has 0 spiro atoms. The number of methoxy groups -OCH3 is 2. The molecule has 220 valence electrons. The highest BCUT2D eigenvalue weighted by Gasteiger charge is 2.61.